The molecule has 2 aromatic carbocycles. The number of hydrogen-bond donors (Lipinski definition) is 0. The normalized spacial score (nSPS) is 14.4. The van der Waals surface area contributed by atoms with Gasteiger partial charge in [-0.2, -0.15) is 0 Å². The van der Waals surface area contributed by atoms with Crippen LogP contribution in [0.3, 0.4) is 0 Å². The van der Waals surface area contributed by atoms with Gasteiger partial charge >= 0.3 is 101 Å². The molecule has 2 aliphatic heterocycles. The molecule has 0 unspecified atom stereocenters. The Bertz CT molecular complexity index is 561. The van der Waals surface area contributed by atoms with Crippen LogP contribution in [0, 0.1) is 0 Å². The molecule has 0 nitrogen and oxygen atoms in total. The van der Waals surface area contributed by atoms with E-state index in [2.05, 4.69) is 48.5 Å². The topological polar surface area (TPSA) is 0 Å². The molecule has 2 aromatic rings. The minimum atomic E-state index is -0.176. The quantitative estimate of drug-likeness (QED) is 0.377. The van der Waals surface area contributed by atoms with E-state index in [0.717, 1.165) is 0 Å². The van der Waals surface area contributed by atoms with Gasteiger partial charge in [-0.05, 0) is 0 Å². The van der Waals surface area contributed by atoms with Gasteiger partial charge in [0.2, 0.25) is 0 Å². The van der Waals surface area contributed by atoms with Gasteiger partial charge in [0.25, 0.3) is 0 Å². The molecule has 0 N–H and O–H groups in total. The van der Waals surface area contributed by atoms with Gasteiger partial charge in [-0.25, -0.2) is 0 Å². The van der Waals surface area contributed by atoms with E-state index in [1.54, 1.807) is 20.7 Å². The van der Waals surface area contributed by atoms with Gasteiger partial charge in [0.15, 0.2) is 0 Å². The molecule has 0 aromatic heterocycles. The summed E-state index contributed by atoms with van der Waals surface area (Å²) < 4.78 is 0. The molecule has 0 fully saturated rings. The molecule has 0 atom stereocenters. The Hall–Kier alpha value is -0.243. The molecule has 0 saturated heterocycles. The van der Waals surface area contributed by atoms with Crippen LogP contribution in [-0.4, -0.2) is 10.9 Å². The zero-order valence-electron chi connectivity index (χ0n) is 8.12. The molecule has 15 heavy (non-hydrogen) atoms. The molecule has 4 rings (SSSR count). The van der Waals surface area contributed by atoms with Crippen LogP contribution in [0.1, 0.15) is 0 Å². The third-order valence-corrected chi connectivity index (χ3v) is 28.6. The molecule has 2 heterocycles. The fourth-order valence-corrected chi connectivity index (χ4v) is 37.8. The van der Waals surface area contributed by atoms with E-state index in [1.165, 1.54) is 0 Å². The summed E-state index contributed by atoms with van der Waals surface area (Å²) in [6, 6.07) is 18.6. The van der Waals surface area contributed by atoms with Crippen LogP contribution < -0.4 is 20.7 Å². The van der Waals surface area contributed by atoms with Gasteiger partial charge in [0.1, 0.15) is 0 Å². The van der Waals surface area contributed by atoms with Crippen LogP contribution in [0.5, 0.6) is 0 Å². The van der Waals surface area contributed by atoms with Crippen molar-refractivity contribution in [1.29, 1.82) is 0 Å². The van der Waals surface area contributed by atoms with Crippen LogP contribution in [0.15, 0.2) is 48.5 Å². The summed E-state index contributed by atoms with van der Waals surface area (Å²) in [6.45, 7) is 0. The van der Waals surface area contributed by atoms with E-state index in [0.29, 0.717) is 0 Å². The van der Waals surface area contributed by atoms with Gasteiger partial charge in [-0.15, -0.1) is 0 Å². The van der Waals surface area contributed by atoms with E-state index >= 15 is 0 Å². The van der Waals surface area contributed by atoms with Crippen LogP contribution in [0.25, 0.3) is 0 Å². The van der Waals surface area contributed by atoms with Crippen molar-refractivity contribution in [3.8, 4) is 0 Å². The summed E-state index contributed by atoms with van der Waals surface area (Å²) in [5, 5.41) is 7.17. The molecule has 3 heteroatoms. The van der Waals surface area contributed by atoms with Crippen LogP contribution in [0.2, 0.25) is 0 Å². The number of hydrogen-bond acceptors (Lipinski definition) is 0. The van der Waals surface area contributed by atoms with Gasteiger partial charge < -0.3 is 0 Å². The molecule has 68 valence electrons. The van der Waals surface area contributed by atoms with Gasteiger partial charge in [-0.1, -0.05) is 0 Å². The summed E-state index contributed by atoms with van der Waals surface area (Å²) >= 11 is -0.0931. The molecule has 0 aliphatic carbocycles. The second kappa shape index (κ2) is 3.13. The van der Waals surface area contributed by atoms with Gasteiger partial charge in [0, 0.05) is 0 Å². The third-order valence-electron chi connectivity index (χ3n) is 3.18. The van der Waals surface area contributed by atoms with Crippen molar-refractivity contribution in [2.45, 2.75) is 0 Å². The molecule has 0 spiro atoms. The van der Waals surface area contributed by atoms with Crippen molar-refractivity contribution >= 4 is 31.6 Å². The predicted molar refractivity (Wildman–Crippen MR) is 62.9 cm³/mol. The fourth-order valence-electron chi connectivity index (χ4n) is 2.52. The Morgan fingerprint density at radius 3 is 1.27 bits per heavy atom. The standard InChI is InChI=1S/C12H8Si2.Zr/c1-2-6-10-9(5-1)13-11-7-3-4-8-12(11)14-10;/h1-8H;. The molecule has 0 saturated carbocycles. The SMILES string of the molecule is c1ccc2c(c1)[Si]1=[Zr]=[Si]2c2ccccc21. The number of benzene rings is 2. The van der Waals surface area contributed by atoms with Crippen LogP contribution in [-0.2, 0) is 20.5 Å². The van der Waals surface area contributed by atoms with Crippen LogP contribution >= 0.6 is 0 Å². The van der Waals surface area contributed by atoms with Crippen molar-refractivity contribution in [2.24, 2.45) is 0 Å². The number of fused-ring (bicyclic) bond motifs is 6. The minimum absolute atomic E-state index is 0.0931. The summed E-state index contributed by atoms with van der Waals surface area (Å²) in [5.74, 6) is 0. The monoisotopic (exact) mass is 298 g/mol. The first-order valence-corrected chi connectivity index (χ1v) is 15.5. The summed E-state index contributed by atoms with van der Waals surface area (Å²) in [7, 11) is 0. The second-order valence-corrected chi connectivity index (χ2v) is 21.5. The maximum atomic E-state index is 2.41. The first-order chi connectivity index (χ1) is 7.45. The third kappa shape index (κ3) is 1.09. The Kier molecular flexibility index (Phi) is 1.85. The Morgan fingerprint density at radius 2 is 0.933 bits per heavy atom. The zero-order chi connectivity index (χ0) is 9.83. The van der Waals surface area contributed by atoms with Crippen molar-refractivity contribution in [2.75, 3.05) is 0 Å². The van der Waals surface area contributed by atoms with E-state index in [-0.39, 0.29) is 31.3 Å². The summed E-state index contributed by atoms with van der Waals surface area (Å²) in [4.78, 5) is 0. The van der Waals surface area contributed by atoms with Crippen molar-refractivity contribution < 1.29 is 20.5 Å². The van der Waals surface area contributed by atoms with E-state index in [9.17, 15) is 0 Å². The Morgan fingerprint density at radius 1 is 0.600 bits per heavy atom. The van der Waals surface area contributed by atoms with Crippen molar-refractivity contribution in [1.82, 2.24) is 0 Å². The molecule has 0 amide bonds. The average Bonchev–Trinajstić information content (AvgIpc) is 2.86. The Labute approximate surface area is 100.0 Å². The van der Waals surface area contributed by atoms with Crippen molar-refractivity contribution in [3.05, 3.63) is 48.5 Å². The summed E-state index contributed by atoms with van der Waals surface area (Å²) in [5.41, 5.74) is -0.351. The molecular formula is C12H8Si2Zr. The second-order valence-electron chi connectivity index (χ2n) is 3.97. The Balaban J connectivity index is 2.10. The van der Waals surface area contributed by atoms with Gasteiger partial charge in [-0.3, -0.25) is 0 Å². The van der Waals surface area contributed by atoms with Crippen molar-refractivity contribution in [3.63, 3.8) is 0 Å². The fraction of sp³-hybridized carbons (Fsp3) is 0. The van der Waals surface area contributed by atoms with Gasteiger partial charge in [0.05, 0.1) is 0 Å². The predicted octanol–water partition coefficient (Wildman–Crippen LogP) is -0.693. The number of rotatable bonds is 0. The maximum absolute atomic E-state index is 2.41. The molecule has 0 radical (unpaired) electrons. The molecule has 2 bridgehead atoms. The van der Waals surface area contributed by atoms with E-state index in [1.807, 2.05) is 0 Å². The van der Waals surface area contributed by atoms with E-state index in [4.69, 9.17) is 0 Å². The zero-order valence-corrected chi connectivity index (χ0v) is 12.6. The van der Waals surface area contributed by atoms with E-state index < -0.39 is 0 Å². The molecule has 2 aliphatic rings. The average molecular weight is 300 g/mol. The summed E-state index contributed by atoms with van der Waals surface area (Å²) in [6.07, 6.45) is 0. The molecular weight excluding hydrogens is 292 g/mol. The van der Waals surface area contributed by atoms with Crippen LogP contribution in [0.4, 0.5) is 0 Å². The first kappa shape index (κ1) is 8.86. The first-order valence-electron chi connectivity index (χ1n) is 5.15.